The lowest BCUT2D eigenvalue weighted by molar-refractivity contribution is -0.158. The molecule has 5 nitrogen and oxygen atoms in total. The largest absolute Gasteiger partial charge is 0.479 e. The third-order valence-electron chi connectivity index (χ3n) is 2.96. The molecule has 104 valence electrons. The van der Waals surface area contributed by atoms with E-state index in [1.165, 1.54) is 0 Å². The third kappa shape index (κ3) is 5.52. The van der Waals surface area contributed by atoms with Crippen LogP contribution in [0, 0.1) is 5.92 Å². The van der Waals surface area contributed by atoms with Crippen molar-refractivity contribution in [1.82, 2.24) is 0 Å². The minimum absolute atomic E-state index is 0.346. The van der Waals surface area contributed by atoms with Crippen molar-refractivity contribution in [1.29, 1.82) is 0 Å². The Labute approximate surface area is 112 Å². The Kier molecular flexibility index (Phi) is 6.02. The Bertz CT molecular complexity index is 419. The van der Waals surface area contributed by atoms with Gasteiger partial charge in [0.05, 0.1) is 5.92 Å². The van der Waals surface area contributed by atoms with Gasteiger partial charge in [0.2, 0.25) is 0 Å². The molecule has 1 unspecified atom stereocenters. The lowest BCUT2D eigenvalue weighted by Crippen LogP contribution is -2.35. The van der Waals surface area contributed by atoms with Crippen LogP contribution in [0.15, 0.2) is 30.3 Å². The van der Waals surface area contributed by atoms with Crippen LogP contribution in [-0.2, 0) is 20.7 Å². The first kappa shape index (κ1) is 15.2. The fraction of sp³-hybridized carbons (Fsp3) is 0.429. The Hall–Kier alpha value is -1.88. The number of ether oxygens (including phenoxy) is 1. The molecule has 0 saturated heterocycles. The van der Waals surface area contributed by atoms with E-state index >= 15 is 0 Å². The number of carbonyl (C=O) groups is 2. The number of carboxylic acid groups (broad SMARTS) is 1. The van der Waals surface area contributed by atoms with Crippen LogP contribution >= 0.6 is 0 Å². The summed E-state index contributed by atoms with van der Waals surface area (Å²) in [5.41, 5.74) is 7.08. The van der Waals surface area contributed by atoms with Gasteiger partial charge in [-0.25, -0.2) is 4.79 Å². The van der Waals surface area contributed by atoms with E-state index in [4.69, 9.17) is 10.8 Å². The average molecular weight is 265 g/mol. The number of aliphatic carboxylic acids is 1. The highest BCUT2D eigenvalue weighted by atomic mass is 16.5. The summed E-state index contributed by atoms with van der Waals surface area (Å²) in [6, 6.07) is 9.49. The molecule has 0 radical (unpaired) electrons. The van der Waals surface area contributed by atoms with E-state index in [-0.39, 0.29) is 6.04 Å². The van der Waals surface area contributed by atoms with Gasteiger partial charge in [-0.1, -0.05) is 37.3 Å². The van der Waals surface area contributed by atoms with Gasteiger partial charge in [-0.3, -0.25) is 4.79 Å². The van der Waals surface area contributed by atoms with Crippen LogP contribution in [-0.4, -0.2) is 29.7 Å². The number of benzene rings is 1. The first-order chi connectivity index (χ1) is 9.00. The van der Waals surface area contributed by atoms with E-state index in [0.29, 0.717) is 6.42 Å². The molecule has 1 aromatic carbocycles. The second-order valence-corrected chi connectivity index (χ2v) is 4.48. The number of carbonyl (C=O) groups excluding carboxylic acids is 1. The smallest absolute Gasteiger partial charge is 0.341 e. The van der Waals surface area contributed by atoms with Crippen molar-refractivity contribution in [3.63, 3.8) is 0 Å². The SMILES string of the molecule is CC(C(=O)OCC(=O)O)[C@H](N)CCc1ccccc1. The fourth-order valence-electron chi connectivity index (χ4n) is 1.67. The zero-order chi connectivity index (χ0) is 14.3. The van der Waals surface area contributed by atoms with Crippen molar-refractivity contribution in [2.45, 2.75) is 25.8 Å². The molecule has 1 aromatic rings. The van der Waals surface area contributed by atoms with Gasteiger partial charge in [0, 0.05) is 6.04 Å². The predicted octanol–water partition coefficient (Wildman–Crippen LogP) is 1.21. The average Bonchev–Trinajstić information content (AvgIpc) is 2.42. The zero-order valence-electron chi connectivity index (χ0n) is 10.9. The van der Waals surface area contributed by atoms with Crippen molar-refractivity contribution in [3.05, 3.63) is 35.9 Å². The summed E-state index contributed by atoms with van der Waals surface area (Å²) in [7, 11) is 0. The molecule has 0 fully saturated rings. The molecule has 3 N–H and O–H groups in total. The molecule has 0 bridgehead atoms. The van der Waals surface area contributed by atoms with Gasteiger partial charge in [-0.05, 0) is 18.4 Å². The molecule has 0 amide bonds. The molecular weight excluding hydrogens is 246 g/mol. The molecule has 0 aromatic heterocycles. The zero-order valence-corrected chi connectivity index (χ0v) is 10.9. The minimum Gasteiger partial charge on any atom is -0.479 e. The summed E-state index contributed by atoms with van der Waals surface area (Å²) < 4.78 is 4.62. The number of esters is 1. The third-order valence-corrected chi connectivity index (χ3v) is 2.96. The quantitative estimate of drug-likeness (QED) is 0.723. The summed E-state index contributed by atoms with van der Waals surface area (Å²) in [4.78, 5) is 21.8. The minimum atomic E-state index is -1.17. The Morgan fingerprint density at radius 2 is 1.95 bits per heavy atom. The lowest BCUT2D eigenvalue weighted by atomic mass is 9.96. The molecule has 0 aliphatic carbocycles. The van der Waals surface area contributed by atoms with Gasteiger partial charge in [-0.2, -0.15) is 0 Å². The number of carboxylic acids is 1. The maximum atomic E-state index is 11.5. The molecule has 2 atom stereocenters. The summed E-state index contributed by atoms with van der Waals surface area (Å²) in [5.74, 6) is -2.25. The van der Waals surface area contributed by atoms with Crippen LogP contribution in [0.25, 0.3) is 0 Å². The van der Waals surface area contributed by atoms with E-state index in [1.54, 1.807) is 6.92 Å². The van der Waals surface area contributed by atoms with Gasteiger partial charge in [-0.15, -0.1) is 0 Å². The van der Waals surface area contributed by atoms with Crippen molar-refractivity contribution >= 4 is 11.9 Å². The molecular formula is C14H19NO4. The van der Waals surface area contributed by atoms with Gasteiger partial charge in [0.15, 0.2) is 6.61 Å². The normalized spacial score (nSPS) is 13.6. The lowest BCUT2D eigenvalue weighted by Gasteiger charge is -2.18. The monoisotopic (exact) mass is 265 g/mol. The number of hydrogen-bond acceptors (Lipinski definition) is 4. The number of aryl methyl sites for hydroxylation is 1. The molecule has 0 spiro atoms. The van der Waals surface area contributed by atoms with Crippen molar-refractivity contribution in [2.75, 3.05) is 6.61 Å². The number of rotatable bonds is 7. The fourth-order valence-corrected chi connectivity index (χ4v) is 1.67. The molecule has 19 heavy (non-hydrogen) atoms. The summed E-state index contributed by atoms with van der Waals surface area (Å²) in [6.07, 6.45) is 1.42. The topological polar surface area (TPSA) is 89.6 Å². The molecule has 0 saturated carbocycles. The number of nitrogens with two attached hydrogens (primary N) is 1. The Balaban J connectivity index is 2.37. The molecule has 0 aliphatic heterocycles. The highest BCUT2D eigenvalue weighted by Crippen LogP contribution is 2.11. The standard InChI is InChI=1S/C14H19NO4/c1-10(14(18)19-9-13(16)17)12(15)8-7-11-5-3-2-4-6-11/h2-6,10,12H,7-9,15H2,1H3,(H,16,17)/t10?,12-/m1/s1. The maximum Gasteiger partial charge on any atom is 0.341 e. The van der Waals surface area contributed by atoms with Crippen LogP contribution < -0.4 is 5.73 Å². The highest BCUT2D eigenvalue weighted by molar-refractivity contribution is 5.77. The Morgan fingerprint density at radius 1 is 1.32 bits per heavy atom. The van der Waals surface area contributed by atoms with E-state index < -0.39 is 24.5 Å². The molecule has 1 rings (SSSR count). The van der Waals surface area contributed by atoms with Gasteiger partial charge < -0.3 is 15.6 Å². The van der Waals surface area contributed by atoms with Crippen LogP contribution in [0.3, 0.4) is 0 Å². The van der Waals surface area contributed by atoms with Crippen LogP contribution in [0.5, 0.6) is 0 Å². The van der Waals surface area contributed by atoms with E-state index in [2.05, 4.69) is 4.74 Å². The van der Waals surface area contributed by atoms with Gasteiger partial charge >= 0.3 is 11.9 Å². The van der Waals surface area contributed by atoms with Crippen LogP contribution in [0.2, 0.25) is 0 Å². The van der Waals surface area contributed by atoms with Crippen LogP contribution in [0.1, 0.15) is 18.9 Å². The summed E-state index contributed by atoms with van der Waals surface area (Å²) in [6.45, 7) is 1.04. The summed E-state index contributed by atoms with van der Waals surface area (Å²) >= 11 is 0. The Morgan fingerprint density at radius 3 is 2.53 bits per heavy atom. The van der Waals surface area contributed by atoms with E-state index in [1.807, 2.05) is 30.3 Å². The summed E-state index contributed by atoms with van der Waals surface area (Å²) in [5, 5.41) is 8.43. The van der Waals surface area contributed by atoms with Crippen molar-refractivity contribution in [2.24, 2.45) is 11.7 Å². The first-order valence-electron chi connectivity index (χ1n) is 6.18. The van der Waals surface area contributed by atoms with Gasteiger partial charge in [0.1, 0.15) is 0 Å². The molecule has 0 aliphatic rings. The molecule has 5 heteroatoms. The second-order valence-electron chi connectivity index (χ2n) is 4.48. The predicted molar refractivity (Wildman–Crippen MR) is 70.5 cm³/mol. The van der Waals surface area contributed by atoms with Gasteiger partial charge in [0.25, 0.3) is 0 Å². The first-order valence-corrected chi connectivity index (χ1v) is 6.18. The van der Waals surface area contributed by atoms with E-state index in [0.717, 1.165) is 12.0 Å². The van der Waals surface area contributed by atoms with E-state index in [9.17, 15) is 9.59 Å². The van der Waals surface area contributed by atoms with Crippen molar-refractivity contribution in [3.8, 4) is 0 Å². The second kappa shape index (κ2) is 7.53. The maximum absolute atomic E-state index is 11.5. The van der Waals surface area contributed by atoms with Crippen LogP contribution in [0.4, 0.5) is 0 Å². The van der Waals surface area contributed by atoms with Crippen molar-refractivity contribution < 1.29 is 19.4 Å². The number of hydrogen-bond donors (Lipinski definition) is 2. The molecule has 0 heterocycles. The highest BCUT2D eigenvalue weighted by Gasteiger charge is 2.22.